The Bertz CT molecular complexity index is 426. The summed E-state index contributed by atoms with van der Waals surface area (Å²) in [5.74, 6) is -0.373. The van der Waals surface area contributed by atoms with Gasteiger partial charge in [-0.25, -0.2) is 0 Å². The van der Waals surface area contributed by atoms with Gasteiger partial charge in [-0.2, -0.15) is 0 Å². The highest BCUT2D eigenvalue weighted by molar-refractivity contribution is 5.87. The van der Waals surface area contributed by atoms with E-state index >= 15 is 0 Å². The number of hydrogen-bond acceptors (Lipinski definition) is 2. The highest BCUT2D eigenvalue weighted by Gasteiger charge is 2.36. The zero-order valence-electron chi connectivity index (χ0n) is 16.6. The first kappa shape index (κ1) is 21.0. The molecule has 4 heteroatoms. The van der Waals surface area contributed by atoms with Crippen LogP contribution in [0.2, 0.25) is 0 Å². The summed E-state index contributed by atoms with van der Waals surface area (Å²) < 4.78 is 0. The highest BCUT2D eigenvalue weighted by Crippen LogP contribution is 2.35. The maximum absolute atomic E-state index is 12.9. The average molecular weight is 339 g/mol. The summed E-state index contributed by atoms with van der Waals surface area (Å²) >= 11 is 0. The Morgan fingerprint density at radius 2 is 1.58 bits per heavy atom. The van der Waals surface area contributed by atoms with E-state index < -0.39 is 0 Å². The average Bonchev–Trinajstić information content (AvgIpc) is 2.86. The van der Waals surface area contributed by atoms with E-state index in [1.165, 1.54) is 25.7 Å². The molecule has 0 heterocycles. The smallest absolute Gasteiger partial charge is 0.224 e. The molecule has 0 unspecified atom stereocenters. The van der Waals surface area contributed by atoms with Crippen molar-refractivity contribution in [2.75, 3.05) is 0 Å². The number of carbonyl (C=O) groups excluding carboxylic acids is 2. The summed E-state index contributed by atoms with van der Waals surface area (Å²) in [5, 5.41) is 3.06. The summed E-state index contributed by atoms with van der Waals surface area (Å²) in [6.45, 7) is 12.2. The number of nitrogens with two attached hydrogens (primary N) is 1. The minimum atomic E-state index is -0.368. The molecular weight excluding hydrogens is 300 g/mol. The number of amides is 2. The third-order valence-electron chi connectivity index (χ3n) is 4.88. The Morgan fingerprint density at radius 1 is 1.04 bits per heavy atom. The van der Waals surface area contributed by atoms with Crippen molar-refractivity contribution < 1.29 is 9.59 Å². The van der Waals surface area contributed by atoms with Crippen molar-refractivity contribution in [3.8, 4) is 0 Å². The van der Waals surface area contributed by atoms with Gasteiger partial charge in [-0.05, 0) is 51.4 Å². The van der Waals surface area contributed by atoms with Crippen LogP contribution in [0.15, 0.2) is 0 Å². The van der Waals surface area contributed by atoms with Gasteiger partial charge in [0.15, 0.2) is 0 Å². The van der Waals surface area contributed by atoms with Crippen molar-refractivity contribution in [3.63, 3.8) is 0 Å². The molecular formula is C20H38N2O2. The zero-order valence-corrected chi connectivity index (χ0v) is 16.6. The second-order valence-electron chi connectivity index (χ2n) is 9.85. The SMILES string of the molecule is CC(C)(C)C[C@@H](C(=O)NC(C)(C)C)[C@H](CCC1CCCC1)C(N)=O. The monoisotopic (exact) mass is 338 g/mol. The predicted octanol–water partition coefficient (Wildman–Crippen LogP) is 4.03. The molecule has 140 valence electrons. The van der Waals surface area contributed by atoms with Gasteiger partial charge in [0.05, 0.1) is 0 Å². The van der Waals surface area contributed by atoms with E-state index in [1.807, 2.05) is 20.8 Å². The van der Waals surface area contributed by atoms with Gasteiger partial charge in [-0.1, -0.05) is 46.5 Å². The van der Waals surface area contributed by atoms with Gasteiger partial charge in [-0.15, -0.1) is 0 Å². The van der Waals surface area contributed by atoms with Gasteiger partial charge in [0.1, 0.15) is 0 Å². The normalized spacial score (nSPS) is 19.1. The van der Waals surface area contributed by atoms with Gasteiger partial charge in [-0.3, -0.25) is 9.59 Å². The molecule has 0 spiro atoms. The van der Waals surface area contributed by atoms with Crippen LogP contribution in [0, 0.1) is 23.2 Å². The van der Waals surface area contributed by atoms with Crippen LogP contribution in [0.25, 0.3) is 0 Å². The molecule has 3 N–H and O–H groups in total. The number of carbonyl (C=O) groups is 2. The molecule has 1 saturated carbocycles. The van der Waals surface area contributed by atoms with Crippen LogP contribution < -0.4 is 11.1 Å². The Morgan fingerprint density at radius 3 is 2.00 bits per heavy atom. The first-order valence-corrected chi connectivity index (χ1v) is 9.50. The summed E-state index contributed by atoms with van der Waals surface area (Å²) in [5.41, 5.74) is 5.39. The molecule has 0 saturated heterocycles. The standard InChI is InChI=1S/C20H38N2O2/c1-19(2,3)13-16(18(24)22-20(4,5)6)15(17(21)23)12-11-14-9-7-8-10-14/h14-16H,7-13H2,1-6H3,(H2,21,23)(H,22,24)/t15-,16+/m0/s1. The molecule has 1 aliphatic carbocycles. The maximum Gasteiger partial charge on any atom is 0.224 e. The van der Waals surface area contributed by atoms with Gasteiger partial charge in [0, 0.05) is 17.4 Å². The summed E-state index contributed by atoms with van der Waals surface area (Å²) in [6, 6.07) is 0. The number of nitrogens with one attached hydrogen (secondary N) is 1. The molecule has 2 atom stereocenters. The quantitative estimate of drug-likeness (QED) is 0.735. The topological polar surface area (TPSA) is 72.2 Å². The van der Waals surface area contributed by atoms with Crippen molar-refractivity contribution in [2.24, 2.45) is 28.9 Å². The number of hydrogen-bond donors (Lipinski definition) is 2. The maximum atomic E-state index is 12.9. The molecule has 1 fully saturated rings. The molecule has 0 aromatic rings. The van der Waals surface area contributed by atoms with E-state index in [2.05, 4.69) is 26.1 Å². The largest absolute Gasteiger partial charge is 0.369 e. The lowest BCUT2D eigenvalue weighted by atomic mass is 9.75. The van der Waals surface area contributed by atoms with Crippen LogP contribution in [-0.2, 0) is 9.59 Å². The van der Waals surface area contributed by atoms with E-state index in [9.17, 15) is 9.59 Å². The number of rotatable bonds is 7. The Kier molecular flexibility index (Phi) is 7.30. The van der Waals surface area contributed by atoms with Crippen LogP contribution in [0.4, 0.5) is 0 Å². The lowest BCUT2D eigenvalue weighted by Crippen LogP contribution is -2.48. The van der Waals surface area contributed by atoms with Crippen molar-refractivity contribution in [3.05, 3.63) is 0 Å². The van der Waals surface area contributed by atoms with E-state index in [-0.39, 0.29) is 34.6 Å². The summed E-state index contributed by atoms with van der Waals surface area (Å²) in [7, 11) is 0. The molecule has 4 nitrogen and oxygen atoms in total. The van der Waals surface area contributed by atoms with E-state index in [4.69, 9.17) is 5.73 Å². The minimum absolute atomic E-state index is 0.0268. The van der Waals surface area contributed by atoms with E-state index in [1.54, 1.807) is 0 Å². The predicted molar refractivity (Wildman–Crippen MR) is 99.3 cm³/mol. The van der Waals surface area contributed by atoms with Gasteiger partial charge in [0.2, 0.25) is 11.8 Å². The van der Waals surface area contributed by atoms with Gasteiger partial charge < -0.3 is 11.1 Å². The lowest BCUT2D eigenvalue weighted by Gasteiger charge is -2.33. The molecule has 24 heavy (non-hydrogen) atoms. The highest BCUT2D eigenvalue weighted by atomic mass is 16.2. The Balaban J connectivity index is 2.88. The Labute approximate surface area is 148 Å². The first-order chi connectivity index (χ1) is 10.9. The molecule has 2 amide bonds. The van der Waals surface area contributed by atoms with Crippen molar-refractivity contribution >= 4 is 11.8 Å². The third-order valence-corrected chi connectivity index (χ3v) is 4.88. The van der Waals surface area contributed by atoms with Gasteiger partial charge in [0.25, 0.3) is 0 Å². The fourth-order valence-electron chi connectivity index (χ4n) is 3.80. The molecule has 1 aliphatic rings. The van der Waals surface area contributed by atoms with Crippen LogP contribution >= 0.6 is 0 Å². The second kappa shape index (κ2) is 8.35. The molecule has 0 aromatic carbocycles. The lowest BCUT2D eigenvalue weighted by molar-refractivity contribution is -0.135. The number of primary amides is 1. The van der Waals surface area contributed by atoms with Crippen molar-refractivity contribution in [1.82, 2.24) is 5.32 Å². The van der Waals surface area contributed by atoms with Crippen molar-refractivity contribution in [2.45, 2.75) is 92.0 Å². The van der Waals surface area contributed by atoms with Crippen LogP contribution in [0.1, 0.15) is 86.5 Å². The van der Waals surface area contributed by atoms with E-state index in [0.29, 0.717) is 12.3 Å². The molecule has 0 radical (unpaired) electrons. The van der Waals surface area contributed by atoms with Crippen LogP contribution in [0.3, 0.4) is 0 Å². The second-order valence-corrected chi connectivity index (χ2v) is 9.85. The Hall–Kier alpha value is -1.06. The fraction of sp³-hybridized carbons (Fsp3) is 0.900. The van der Waals surface area contributed by atoms with E-state index in [0.717, 1.165) is 12.8 Å². The third kappa shape index (κ3) is 7.67. The van der Waals surface area contributed by atoms with Crippen molar-refractivity contribution in [1.29, 1.82) is 0 Å². The zero-order chi connectivity index (χ0) is 18.5. The van der Waals surface area contributed by atoms with Crippen LogP contribution in [0.5, 0.6) is 0 Å². The minimum Gasteiger partial charge on any atom is -0.369 e. The first-order valence-electron chi connectivity index (χ1n) is 9.50. The van der Waals surface area contributed by atoms with Crippen LogP contribution in [-0.4, -0.2) is 17.4 Å². The molecule has 1 rings (SSSR count). The molecule has 0 aliphatic heterocycles. The summed E-state index contributed by atoms with van der Waals surface area (Å²) in [4.78, 5) is 25.0. The summed E-state index contributed by atoms with van der Waals surface area (Å²) in [6.07, 6.45) is 7.51. The fourth-order valence-corrected chi connectivity index (χ4v) is 3.80. The van der Waals surface area contributed by atoms with Gasteiger partial charge >= 0.3 is 0 Å². The molecule has 0 bridgehead atoms. The molecule has 0 aromatic heterocycles.